The van der Waals surface area contributed by atoms with Crippen LogP contribution in [0.25, 0.3) is 0 Å². The van der Waals surface area contributed by atoms with Gasteiger partial charge in [0.25, 0.3) is 5.91 Å². The second-order valence-electron chi connectivity index (χ2n) is 7.40. The van der Waals surface area contributed by atoms with E-state index < -0.39 is 0 Å². The summed E-state index contributed by atoms with van der Waals surface area (Å²) in [6.45, 7) is 7.18. The molecule has 1 aromatic carbocycles. The van der Waals surface area contributed by atoms with Gasteiger partial charge in [-0.2, -0.15) is 0 Å². The van der Waals surface area contributed by atoms with Gasteiger partial charge in [0.1, 0.15) is 0 Å². The highest BCUT2D eigenvalue weighted by atomic mass is 16.2. The summed E-state index contributed by atoms with van der Waals surface area (Å²) < 4.78 is 0. The number of piperidine rings is 1. The molecule has 0 aromatic heterocycles. The molecule has 5 heteroatoms. The predicted octanol–water partition coefficient (Wildman–Crippen LogP) is 2.02. The van der Waals surface area contributed by atoms with Crippen LogP contribution in [0.3, 0.4) is 0 Å². The average Bonchev–Trinajstić information content (AvgIpc) is 3.16. The van der Waals surface area contributed by atoms with Gasteiger partial charge in [0.15, 0.2) is 0 Å². The molecular weight excluding hydrogens is 314 g/mol. The third-order valence-corrected chi connectivity index (χ3v) is 5.58. The van der Waals surface area contributed by atoms with E-state index in [-0.39, 0.29) is 17.9 Å². The van der Waals surface area contributed by atoms with E-state index in [0.717, 1.165) is 62.0 Å². The topological polar surface area (TPSA) is 61.4 Å². The van der Waals surface area contributed by atoms with Crippen molar-refractivity contribution in [2.75, 3.05) is 26.2 Å². The molecular formula is C20H29N3O2. The Morgan fingerprint density at radius 2 is 2.08 bits per heavy atom. The molecule has 5 nitrogen and oxygen atoms in total. The number of carbonyl (C=O) groups is 2. The third-order valence-electron chi connectivity index (χ3n) is 5.58. The zero-order valence-corrected chi connectivity index (χ0v) is 15.3. The number of likely N-dealkylation sites (tertiary alicyclic amines) is 1. The first-order valence-electron chi connectivity index (χ1n) is 9.43. The molecule has 2 fully saturated rings. The largest absolute Gasteiger partial charge is 0.354 e. The average molecular weight is 343 g/mol. The lowest BCUT2D eigenvalue weighted by Gasteiger charge is -2.33. The lowest BCUT2D eigenvalue weighted by molar-refractivity contribution is -0.123. The second-order valence-corrected chi connectivity index (χ2v) is 7.40. The van der Waals surface area contributed by atoms with Crippen LogP contribution < -0.4 is 10.6 Å². The van der Waals surface area contributed by atoms with Crippen LogP contribution >= 0.6 is 0 Å². The van der Waals surface area contributed by atoms with Crippen molar-refractivity contribution in [1.29, 1.82) is 0 Å². The van der Waals surface area contributed by atoms with Crippen molar-refractivity contribution in [2.24, 2.45) is 5.92 Å². The van der Waals surface area contributed by atoms with Crippen molar-refractivity contribution < 1.29 is 9.59 Å². The van der Waals surface area contributed by atoms with Crippen molar-refractivity contribution in [3.05, 3.63) is 34.9 Å². The molecule has 0 unspecified atom stereocenters. The molecule has 2 aliphatic heterocycles. The number of carbonyl (C=O) groups excluding carboxylic acids is 2. The summed E-state index contributed by atoms with van der Waals surface area (Å²) in [7, 11) is 0. The monoisotopic (exact) mass is 343 g/mol. The van der Waals surface area contributed by atoms with Gasteiger partial charge < -0.3 is 15.5 Å². The van der Waals surface area contributed by atoms with Crippen LogP contribution in [0.2, 0.25) is 0 Å². The Morgan fingerprint density at radius 3 is 2.84 bits per heavy atom. The molecule has 0 bridgehead atoms. The lowest BCUT2D eigenvalue weighted by atomic mass is 9.96. The minimum atomic E-state index is -0.0312. The first kappa shape index (κ1) is 17.9. The molecule has 25 heavy (non-hydrogen) atoms. The Labute approximate surface area is 150 Å². The van der Waals surface area contributed by atoms with E-state index in [4.69, 9.17) is 0 Å². The number of rotatable bonds is 4. The first-order chi connectivity index (χ1) is 12.1. The van der Waals surface area contributed by atoms with Crippen molar-refractivity contribution in [3.63, 3.8) is 0 Å². The highest BCUT2D eigenvalue weighted by Gasteiger charge is 2.27. The number of amides is 2. The van der Waals surface area contributed by atoms with E-state index in [1.165, 1.54) is 0 Å². The maximum Gasteiger partial charge on any atom is 0.254 e. The molecule has 3 rings (SSSR count). The highest BCUT2D eigenvalue weighted by Crippen LogP contribution is 2.21. The van der Waals surface area contributed by atoms with Gasteiger partial charge in [0, 0.05) is 25.2 Å². The summed E-state index contributed by atoms with van der Waals surface area (Å²) >= 11 is 0. The molecule has 2 aliphatic rings. The summed E-state index contributed by atoms with van der Waals surface area (Å²) in [5.41, 5.74) is 3.02. The zero-order chi connectivity index (χ0) is 17.8. The number of hydrogen-bond acceptors (Lipinski definition) is 3. The fraction of sp³-hybridized carbons (Fsp3) is 0.600. The third kappa shape index (κ3) is 4.21. The van der Waals surface area contributed by atoms with E-state index in [9.17, 15) is 9.59 Å². The predicted molar refractivity (Wildman–Crippen MR) is 98.6 cm³/mol. The van der Waals surface area contributed by atoms with Crippen LogP contribution in [-0.2, 0) is 4.79 Å². The number of hydrogen-bond donors (Lipinski definition) is 2. The summed E-state index contributed by atoms with van der Waals surface area (Å²) in [6.07, 6.45) is 4.06. The van der Waals surface area contributed by atoms with Crippen molar-refractivity contribution in [3.8, 4) is 0 Å². The fourth-order valence-corrected chi connectivity index (χ4v) is 3.85. The molecule has 0 saturated carbocycles. The van der Waals surface area contributed by atoms with E-state index in [2.05, 4.69) is 10.6 Å². The Kier molecular flexibility index (Phi) is 5.74. The fourth-order valence-electron chi connectivity index (χ4n) is 3.85. The summed E-state index contributed by atoms with van der Waals surface area (Å²) in [5.74, 6) is 0.568. The molecule has 0 spiro atoms. The van der Waals surface area contributed by atoms with Gasteiger partial charge in [-0.3, -0.25) is 9.59 Å². The SMILES string of the molecule is Cc1cccc(C(=O)N2CCC[C@H](CNC(=O)[C@H]3CCCN3)C2)c1C. The summed E-state index contributed by atoms with van der Waals surface area (Å²) in [5, 5.41) is 6.30. The zero-order valence-electron chi connectivity index (χ0n) is 15.3. The number of nitrogens with zero attached hydrogens (tertiary/aromatic N) is 1. The molecule has 136 valence electrons. The Hall–Kier alpha value is -1.88. The second kappa shape index (κ2) is 8.00. The van der Waals surface area contributed by atoms with Crippen LogP contribution in [-0.4, -0.2) is 48.9 Å². The van der Waals surface area contributed by atoms with Crippen LogP contribution in [0.1, 0.15) is 47.2 Å². The van der Waals surface area contributed by atoms with Crippen molar-refractivity contribution in [1.82, 2.24) is 15.5 Å². The van der Waals surface area contributed by atoms with E-state index in [0.29, 0.717) is 12.5 Å². The van der Waals surface area contributed by atoms with Crippen LogP contribution in [0.15, 0.2) is 18.2 Å². The van der Waals surface area contributed by atoms with E-state index in [1.807, 2.05) is 36.9 Å². The minimum Gasteiger partial charge on any atom is -0.354 e. The molecule has 2 amide bonds. The van der Waals surface area contributed by atoms with Crippen LogP contribution in [0, 0.1) is 19.8 Å². The quantitative estimate of drug-likeness (QED) is 0.879. The standard InChI is InChI=1S/C20H29N3O2/c1-14-6-3-8-17(15(14)2)20(25)23-11-5-7-16(13-23)12-22-19(24)18-9-4-10-21-18/h3,6,8,16,18,21H,4-5,7,9-13H2,1-2H3,(H,22,24)/t16-,18-/m1/s1. The molecule has 2 heterocycles. The van der Waals surface area contributed by atoms with Crippen LogP contribution in [0.4, 0.5) is 0 Å². The molecule has 2 saturated heterocycles. The first-order valence-corrected chi connectivity index (χ1v) is 9.43. The van der Waals surface area contributed by atoms with Gasteiger partial charge >= 0.3 is 0 Å². The number of nitrogens with one attached hydrogen (secondary N) is 2. The van der Waals surface area contributed by atoms with Crippen LogP contribution in [0.5, 0.6) is 0 Å². The van der Waals surface area contributed by atoms with Gasteiger partial charge in [-0.15, -0.1) is 0 Å². The van der Waals surface area contributed by atoms with Gasteiger partial charge in [-0.1, -0.05) is 12.1 Å². The van der Waals surface area contributed by atoms with Gasteiger partial charge in [-0.05, 0) is 69.2 Å². The van der Waals surface area contributed by atoms with E-state index in [1.54, 1.807) is 0 Å². The number of benzene rings is 1. The Morgan fingerprint density at radius 1 is 1.24 bits per heavy atom. The maximum absolute atomic E-state index is 12.9. The molecule has 2 N–H and O–H groups in total. The van der Waals surface area contributed by atoms with Crippen molar-refractivity contribution in [2.45, 2.75) is 45.6 Å². The lowest BCUT2D eigenvalue weighted by Crippen LogP contribution is -2.46. The van der Waals surface area contributed by atoms with Gasteiger partial charge in [-0.25, -0.2) is 0 Å². The summed E-state index contributed by atoms with van der Waals surface area (Å²) in [4.78, 5) is 27.0. The highest BCUT2D eigenvalue weighted by molar-refractivity contribution is 5.96. The molecule has 0 radical (unpaired) electrons. The summed E-state index contributed by atoms with van der Waals surface area (Å²) in [6, 6.07) is 5.88. The minimum absolute atomic E-state index is 0.0312. The molecule has 2 atom stereocenters. The normalized spacial score (nSPS) is 23.5. The number of aryl methyl sites for hydroxylation is 1. The maximum atomic E-state index is 12.9. The van der Waals surface area contributed by atoms with Gasteiger partial charge in [0.2, 0.25) is 5.91 Å². The Bertz CT molecular complexity index is 638. The Balaban J connectivity index is 1.56. The molecule has 0 aliphatic carbocycles. The smallest absolute Gasteiger partial charge is 0.254 e. The van der Waals surface area contributed by atoms with E-state index >= 15 is 0 Å². The van der Waals surface area contributed by atoms with Gasteiger partial charge in [0.05, 0.1) is 6.04 Å². The molecule has 1 aromatic rings. The van der Waals surface area contributed by atoms with Crippen molar-refractivity contribution >= 4 is 11.8 Å².